The molecule has 0 saturated carbocycles. The molecule has 17 heavy (non-hydrogen) atoms. The summed E-state index contributed by atoms with van der Waals surface area (Å²) >= 11 is 1.44. The Morgan fingerprint density at radius 2 is 2.35 bits per heavy atom. The first kappa shape index (κ1) is 12.2. The van der Waals surface area contributed by atoms with Crippen molar-refractivity contribution in [1.82, 2.24) is 9.55 Å². The van der Waals surface area contributed by atoms with Crippen LogP contribution in [0, 0.1) is 6.92 Å². The minimum absolute atomic E-state index is 0.00412. The molecule has 0 radical (unpaired) electrons. The van der Waals surface area contributed by atoms with Crippen LogP contribution < -0.4 is 11.3 Å². The van der Waals surface area contributed by atoms with Crippen molar-refractivity contribution in [3.8, 4) is 0 Å². The van der Waals surface area contributed by atoms with Crippen LogP contribution in [0.1, 0.15) is 5.56 Å². The summed E-state index contributed by atoms with van der Waals surface area (Å²) in [5, 5.41) is 1.95. The van der Waals surface area contributed by atoms with Crippen molar-refractivity contribution < 1.29 is 4.74 Å². The SMILES string of the molecule is Cc1csc2c(=O)n(CCOCCN)cnc12. The highest BCUT2D eigenvalue weighted by Gasteiger charge is 2.07. The molecule has 0 aliphatic carbocycles. The van der Waals surface area contributed by atoms with Gasteiger partial charge in [0.25, 0.3) is 5.56 Å². The molecule has 2 N–H and O–H groups in total. The number of aromatic nitrogens is 2. The average Bonchev–Trinajstić information content (AvgIpc) is 2.70. The lowest BCUT2D eigenvalue weighted by Crippen LogP contribution is -2.23. The van der Waals surface area contributed by atoms with Gasteiger partial charge in [-0.2, -0.15) is 0 Å². The van der Waals surface area contributed by atoms with Crippen LogP contribution in [0.5, 0.6) is 0 Å². The molecule has 0 saturated heterocycles. The van der Waals surface area contributed by atoms with E-state index in [1.54, 1.807) is 10.9 Å². The number of fused-ring (bicyclic) bond motifs is 1. The quantitative estimate of drug-likeness (QED) is 0.798. The Morgan fingerprint density at radius 1 is 1.53 bits per heavy atom. The van der Waals surface area contributed by atoms with E-state index in [4.69, 9.17) is 10.5 Å². The van der Waals surface area contributed by atoms with Gasteiger partial charge in [-0.05, 0) is 17.9 Å². The van der Waals surface area contributed by atoms with E-state index in [0.29, 0.717) is 31.0 Å². The Labute approximate surface area is 103 Å². The second-order valence-electron chi connectivity index (χ2n) is 3.74. The highest BCUT2D eigenvalue weighted by Crippen LogP contribution is 2.19. The van der Waals surface area contributed by atoms with Gasteiger partial charge in [0.1, 0.15) is 4.70 Å². The molecule has 0 unspecified atom stereocenters. The van der Waals surface area contributed by atoms with Gasteiger partial charge < -0.3 is 10.5 Å². The number of aryl methyl sites for hydroxylation is 1. The highest BCUT2D eigenvalue weighted by atomic mass is 32.1. The van der Waals surface area contributed by atoms with Crippen LogP contribution in [0.2, 0.25) is 0 Å². The molecule has 92 valence electrons. The summed E-state index contributed by atoms with van der Waals surface area (Å²) in [6, 6.07) is 0. The van der Waals surface area contributed by atoms with E-state index in [1.165, 1.54) is 11.3 Å². The summed E-state index contributed by atoms with van der Waals surface area (Å²) in [4.78, 5) is 16.4. The van der Waals surface area contributed by atoms with Gasteiger partial charge in [0, 0.05) is 6.54 Å². The van der Waals surface area contributed by atoms with E-state index >= 15 is 0 Å². The Kier molecular flexibility index (Phi) is 3.88. The maximum atomic E-state index is 12.1. The van der Waals surface area contributed by atoms with Crippen LogP contribution in [0.25, 0.3) is 10.2 Å². The second-order valence-corrected chi connectivity index (χ2v) is 4.62. The predicted octanol–water partition coefficient (Wildman–Crippen LogP) is 0.742. The van der Waals surface area contributed by atoms with Gasteiger partial charge in [-0.3, -0.25) is 9.36 Å². The lowest BCUT2D eigenvalue weighted by Gasteiger charge is -2.05. The summed E-state index contributed by atoms with van der Waals surface area (Å²) in [5.74, 6) is 0. The van der Waals surface area contributed by atoms with Gasteiger partial charge in [0.15, 0.2) is 0 Å². The fourth-order valence-corrected chi connectivity index (χ4v) is 2.52. The van der Waals surface area contributed by atoms with Crippen LogP contribution in [-0.4, -0.2) is 29.3 Å². The number of hydrogen-bond donors (Lipinski definition) is 1. The molecular weight excluding hydrogens is 238 g/mol. The lowest BCUT2D eigenvalue weighted by molar-refractivity contribution is 0.132. The smallest absolute Gasteiger partial charge is 0.271 e. The molecule has 2 aromatic rings. The highest BCUT2D eigenvalue weighted by molar-refractivity contribution is 7.17. The van der Waals surface area contributed by atoms with Crippen molar-refractivity contribution in [2.45, 2.75) is 13.5 Å². The molecule has 0 spiro atoms. The fraction of sp³-hybridized carbons (Fsp3) is 0.455. The molecule has 0 aromatic carbocycles. The maximum absolute atomic E-state index is 12.1. The van der Waals surface area contributed by atoms with E-state index < -0.39 is 0 Å². The van der Waals surface area contributed by atoms with Crippen LogP contribution >= 0.6 is 11.3 Å². The van der Waals surface area contributed by atoms with Crippen molar-refractivity contribution in [1.29, 1.82) is 0 Å². The first-order chi connectivity index (χ1) is 8.24. The monoisotopic (exact) mass is 253 g/mol. The van der Waals surface area contributed by atoms with Gasteiger partial charge >= 0.3 is 0 Å². The standard InChI is InChI=1S/C11H15N3O2S/c1-8-6-17-10-9(8)13-7-14(11(10)15)3-5-16-4-2-12/h6-7H,2-5,12H2,1H3. The van der Waals surface area contributed by atoms with Crippen molar-refractivity contribution in [2.75, 3.05) is 19.8 Å². The number of nitrogens with zero attached hydrogens (tertiary/aromatic N) is 2. The molecular formula is C11H15N3O2S. The topological polar surface area (TPSA) is 70.1 Å². The van der Waals surface area contributed by atoms with Gasteiger partial charge in [0.05, 0.1) is 31.6 Å². The third kappa shape index (κ3) is 2.54. The number of nitrogens with two attached hydrogens (primary N) is 1. The minimum Gasteiger partial charge on any atom is -0.378 e. The van der Waals surface area contributed by atoms with E-state index in [2.05, 4.69) is 4.98 Å². The number of ether oxygens (including phenoxy) is 1. The molecule has 0 aliphatic heterocycles. The molecule has 2 rings (SSSR count). The first-order valence-corrected chi connectivity index (χ1v) is 6.33. The van der Waals surface area contributed by atoms with Crippen molar-refractivity contribution in [3.05, 3.63) is 27.6 Å². The molecule has 5 nitrogen and oxygen atoms in total. The third-order valence-corrected chi connectivity index (χ3v) is 3.54. The summed E-state index contributed by atoms with van der Waals surface area (Å²) in [6.45, 7) is 3.96. The fourth-order valence-electron chi connectivity index (χ4n) is 1.57. The van der Waals surface area contributed by atoms with Gasteiger partial charge in [-0.25, -0.2) is 4.98 Å². The minimum atomic E-state index is 0.00412. The zero-order valence-electron chi connectivity index (χ0n) is 9.68. The molecule has 2 heterocycles. The van der Waals surface area contributed by atoms with E-state index in [9.17, 15) is 4.79 Å². The molecule has 6 heteroatoms. The van der Waals surface area contributed by atoms with Crippen molar-refractivity contribution in [2.24, 2.45) is 5.73 Å². The lowest BCUT2D eigenvalue weighted by atomic mass is 10.3. The van der Waals surface area contributed by atoms with Gasteiger partial charge in [0.2, 0.25) is 0 Å². The van der Waals surface area contributed by atoms with Crippen LogP contribution in [0.3, 0.4) is 0 Å². The average molecular weight is 253 g/mol. The molecule has 0 atom stereocenters. The Hall–Kier alpha value is -1.24. The van der Waals surface area contributed by atoms with E-state index in [-0.39, 0.29) is 5.56 Å². The zero-order chi connectivity index (χ0) is 12.3. The maximum Gasteiger partial charge on any atom is 0.271 e. The largest absolute Gasteiger partial charge is 0.378 e. The molecule has 0 aliphatic rings. The predicted molar refractivity (Wildman–Crippen MR) is 68.5 cm³/mol. The van der Waals surface area contributed by atoms with E-state index in [0.717, 1.165) is 11.1 Å². The molecule has 0 fully saturated rings. The Bertz CT molecular complexity index is 561. The molecule has 0 bridgehead atoms. The zero-order valence-corrected chi connectivity index (χ0v) is 10.5. The first-order valence-electron chi connectivity index (χ1n) is 5.45. The summed E-state index contributed by atoms with van der Waals surface area (Å²) in [6.07, 6.45) is 1.58. The summed E-state index contributed by atoms with van der Waals surface area (Å²) in [5.41, 5.74) is 7.17. The van der Waals surface area contributed by atoms with Crippen LogP contribution in [-0.2, 0) is 11.3 Å². The normalized spacial score (nSPS) is 11.2. The van der Waals surface area contributed by atoms with Crippen LogP contribution in [0.15, 0.2) is 16.5 Å². The number of hydrogen-bond acceptors (Lipinski definition) is 5. The number of rotatable bonds is 5. The second kappa shape index (κ2) is 5.39. The van der Waals surface area contributed by atoms with Gasteiger partial charge in [-0.1, -0.05) is 0 Å². The molecule has 2 aromatic heterocycles. The molecule has 0 amide bonds. The third-order valence-electron chi connectivity index (χ3n) is 2.46. The summed E-state index contributed by atoms with van der Waals surface area (Å²) < 4.78 is 7.54. The van der Waals surface area contributed by atoms with Gasteiger partial charge in [-0.15, -0.1) is 11.3 Å². The Morgan fingerprint density at radius 3 is 3.12 bits per heavy atom. The van der Waals surface area contributed by atoms with Crippen molar-refractivity contribution >= 4 is 21.6 Å². The van der Waals surface area contributed by atoms with Crippen molar-refractivity contribution in [3.63, 3.8) is 0 Å². The number of thiophene rings is 1. The summed E-state index contributed by atoms with van der Waals surface area (Å²) in [7, 11) is 0. The Balaban J connectivity index is 2.18. The van der Waals surface area contributed by atoms with E-state index in [1.807, 2.05) is 12.3 Å². The van der Waals surface area contributed by atoms with Crippen LogP contribution in [0.4, 0.5) is 0 Å².